The first kappa shape index (κ1) is 15.7. The summed E-state index contributed by atoms with van der Waals surface area (Å²) in [7, 11) is 2.14. The van der Waals surface area contributed by atoms with E-state index in [0.29, 0.717) is 6.04 Å². The average Bonchev–Trinajstić information content (AvgIpc) is 2.94. The number of hydrogen-bond acceptors (Lipinski definition) is 2. The van der Waals surface area contributed by atoms with Crippen LogP contribution in [-0.4, -0.2) is 42.0 Å². The number of amides is 1. The number of aromatic nitrogens is 1. The molecule has 0 spiro atoms. The van der Waals surface area contributed by atoms with Crippen molar-refractivity contribution in [2.75, 3.05) is 20.1 Å². The van der Waals surface area contributed by atoms with E-state index >= 15 is 0 Å². The lowest BCUT2D eigenvalue weighted by Crippen LogP contribution is -2.43. The third-order valence-electron chi connectivity index (χ3n) is 5.75. The lowest BCUT2D eigenvalue weighted by atomic mass is 9.87. The summed E-state index contributed by atoms with van der Waals surface area (Å²) in [4.78, 5) is 18.5. The maximum Gasteiger partial charge on any atom is 0.251 e. The Labute approximate surface area is 143 Å². The molecule has 2 N–H and O–H groups in total. The Kier molecular flexibility index (Phi) is 4.09. The number of fused-ring (bicyclic) bond motifs is 3. The molecule has 2 aromatic rings. The highest BCUT2D eigenvalue weighted by atomic mass is 16.1. The summed E-state index contributed by atoms with van der Waals surface area (Å²) in [5.74, 6) is 0.804. The molecular weight excluding hydrogens is 298 g/mol. The summed E-state index contributed by atoms with van der Waals surface area (Å²) in [5.41, 5.74) is 4.76. The van der Waals surface area contributed by atoms with Gasteiger partial charge in [-0.15, -0.1) is 0 Å². The second kappa shape index (κ2) is 6.25. The van der Waals surface area contributed by atoms with Crippen molar-refractivity contribution in [3.63, 3.8) is 0 Å². The van der Waals surface area contributed by atoms with Crippen molar-refractivity contribution in [2.45, 2.75) is 45.1 Å². The van der Waals surface area contributed by atoms with Crippen LogP contribution in [0.2, 0.25) is 0 Å². The van der Waals surface area contributed by atoms with Crippen LogP contribution in [0.1, 0.15) is 47.8 Å². The smallest absolute Gasteiger partial charge is 0.251 e. The summed E-state index contributed by atoms with van der Waals surface area (Å²) in [6.07, 6.45) is 5.59. The van der Waals surface area contributed by atoms with E-state index in [1.54, 1.807) is 0 Å². The molecule has 24 heavy (non-hydrogen) atoms. The highest BCUT2D eigenvalue weighted by molar-refractivity contribution is 5.99. The SMILES string of the molecule is CC1CCc2[nH]c3ccc(C(=O)NC4CCN(C)CC4)cc3c2C1. The quantitative estimate of drug-likeness (QED) is 0.891. The number of H-pyrrole nitrogens is 1. The van der Waals surface area contributed by atoms with Gasteiger partial charge in [0, 0.05) is 28.2 Å². The van der Waals surface area contributed by atoms with Crippen molar-refractivity contribution >= 4 is 16.8 Å². The second-order valence-corrected chi connectivity index (χ2v) is 7.74. The van der Waals surface area contributed by atoms with Crippen LogP contribution < -0.4 is 5.32 Å². The van der Waals surface area contributed by atoms with Gasteiger partial charge in [0.25, 0.3) is 5.91 Å². The Morgan fingerprint density at radius 1 is 1.25 bits per heavy atom. The molecule has 1 unspecified atom stereocenters. The Balaban J connectivity index is 1.56. The van der Waals surface area contributed by atoms with Gasteiger partial charge >= 0.3 is 0 Å². The Bertz CT molecular complexity index is 756. The number of piperidine rings is 1. The minimum Gasteiger partial charge on any atom is -0.358 e. The fourth-order valence-electron chi connectivity index (χ4n) is 4.15. The lowest BCUT2D eigenvalue weighted by Gasteiger charge is -2.29. The van der Waals surface area contributed by atoms with E-state index in [9.17, 15) is 4.79 Å². The first-order valence-electron chi connectivity index (χ1n) is 9.23. The molecule has 0 radical (unpaired) electrons. The molecule has 2 heterocycles. The summed E-state index contributed by atoms with van der Waals surface area (Å²) in [5, 5.41) is 4.47. The summed E-state index contributed by atoms with van der Waals surface area (Å²) in [6, 6.07) is 6.43. The van der Waals surface area contributed by atoms with Gasteiger partial charge in [0.05, 0.1) is 0 Å². The number of carbonyl (C=O) groups excluding carboxylic acids is 1. The van der Waals surface area contributed by atoms with Crippen LogP contribution in [0.15, 0.2) is 18.2 Å². The minimum atomic E-state index is 0.0743. The van der Waals surface area contributed by atoms with E-state index in [4.69, 9.17) is 0 Å². The van der Waals surface area contributed by atoms with Crippen molar-refractivity contribution in [1.82, 2.24) is 15.2 Å². The predicted octanol–water partition coefficient (Wildman–Crippen LogP) is 3.12. The Hall–Kier alpha value is -1.81. The number of carbonyl (C=O) groups is 1. The van der Waals surface area contributed by atoms with Crippen molar-refractivity contribution in [3.8, 4) is 0 Å². The van der Waals surface area contributed by atoms with Crippen molar-refractivity contribution in [1.29, 1.82) is 0 Å². The molecule has 0 bridgehead atoms. The molecule has 4 nitrogen and oxygen atoms in total. The Morgan fingerprint density at radius 3 is 2.83 bits per heavy atom. The number of nitrogens with zero attached hydrogens (tertiary/aromatic N) is 1. The van der Waals surface area contributed by atoms with Crippen LogP contribution in [0.25, 0.3) is 10.9 Å². The van der Waals surface area contributed by atoms with Gasteiger partial charge in [-0.1, -0.05) is 6.92 Å². The van der Waals surface area contributed by atoms with Crippen LogP contribution in [0, 0.1) is 5.92 Å². The number of aryl methyl sites for hydroxylation is 1. The largest absolute Gasteiger partial charge is 0.358 e. The molecule has 2 aliphatic rings. The van der Waals surface area contributed by atoms with E-state index in [-0.39, 0.29) is 5.91 Å². The fourth-order valence-corrected chi connectivity index (χ4v) is 4.15. The number of hydrogen-bond donors (Lipinski definition) is 2. The first-order chi connectivity index (χ1) is 11.6. The molecular formula is C20H27N3O. The molecule has 128 valence electrons. The Morgan fingerprint density at radius 2 is 2.04 bits per heavy atom. The topological polar surface area (TPSA) is 48.1 Å². The van der Waals surface area contributed by atoms with E-state index in [1.807, 2.05) is 6.07 Å². The summed E-state index contributed by atoms with van der Waals surface area (Å²) < 4.78 is 0. The predicted molar refractivity (Wildman–Crippen MR) is 97.5 cm³/mol. The number of aromatic amines is 1. The van der Waals surface area contributed by atoms with Gasteiger partial charge in [-0.3, -0.25) is 4.79 Å². The van der Waals surface area contributed by atoms with Gasteiger partial charge in [-0.05, 0) is 81.9 Å². The van der Waals surface area contributed by atoms with Gasteiger partial charge in [0.15, 0.2) is 0 Å². The number of rotatable bonds is 2. The molecule has 1 atom stereocenters. The van der Waals surface area contributed by atoms with Crippen LogP contribution in [-0.2, 0) is 12.8 Å². The highest BCUT2D eigenvalue weighted by Gasteiger charge is 2.22. The van der Waals surface area contributed by atoms with Crippen molar-refractivity contribution < 1.29 is 4.79 Å². The average molecular weight is 325 g/mol. The summed E-state index contributed by atoms with van der Waals surface area (Å²) >= 11 is 0. The molecule has 1 aliphatic heterocycles. The van der Waals surface area contributed by atoms with Gasteiger partial charge in [0.2, 0.25) is 0 Å². The molecule has 1 saturated heterocycles. The third kappa shape index (κ3) is 2.95. The molecule has 1 aromatic carbocycles. The number of likely N-dealkylation sites (tertiary alicyclic amines) is 1. The molecule has 1 amide bonds. The number of nitrogens with one attached hydrogen (secondary N) is 2. The lowest BCUT2D eigenvalue weighted by molar-refractivity contribution is 0.0917. The normalized spacial score (nSPS) is 22.5. The monoisotopic (exact) mass is 325 g/mol. The zero-order chi connectivity index (χ0) is 16.7. The molecule has 4 heteroatoms. The van der Waals surface area contributed by atoms with Crippen LogP contribution in [0.5, 0.6) is 0 Å². The van der Waals surface area contributed by atoms with E-state index in [2.05, 4.69) is 41.3 Å². The van der Waals surface area contributed by atoms with Crippen LogP contribution in [0.4, 0.5) is 0 Å². The second-order valence-electron chi connectivity index (χ2n) is 7.74. The third-order valence-corrected chi connectivity index (χ3v) is 5.75. The van der Waals surface area contributed by atoms with E-state index < -0.39 is 0 Å². The maximum atomic E-state index is 12.7. The molecule has 1 fully saturated rings. The highest BCUT2D eigenvalue weighted by Crippen LogP contribution is 2.32. The van der Waals surface area contributed by atoms with Gasteiger partial charge < -0.3 is 15.2 Å². The van der Waals surface area contributed by atoms with Gasteiger partial charge in [-0.25, -0.2) is 0 Å². The number of benzene rings is 1. The van der Waals surface area contributed by atoms with E-state index in [0.717, 1.165) is 50.3 Å². The fraction of sp³-hybridized carbons (Fsp3) is 0.550. The van der Waals surface area contributed by atoms with Gasteiger partial charge in [0.1, 0.15) is 0 Å². The standard InChI is InChI=1S/C20H27N3O/c1-13-3-5-18-16(11-13)17-12-14(4-6-19(17)22-18)20(24)21-15-7-9-23(2)10-8-15/h4,6,12-13,15,22H,3,5,7-11H2,1-2H3,(H,21,24). The zero-order valence-electron chi connectivity index (χ0n) is 14.7. The summed E-state index contributed by atoms with van der Waals surface area (Å²) in [6.45, 7) is 4.44. The maximum absolute atomic E-state index is 12.7. The van der Waals surface area contributed by atoms with E-state index in [1.165, 1.54) is 28.6 Å². The molecule has 1 aromatic heterocycles. The minimum absolute atomic E-state index is 0.0743. The zero-order valence-corrected chi connectivity index (χ0v) is 14.7. The van der Waals surface area contributed by atoms with Gasteiger partial charge in [-0.2, -0.15) is 0 Å². The van der Waals surface area contributed by atoms with Crippen molar-refractivity contribution in [3.05, 3.63) is 35.0 Å². The van der Waals surface area contributed by atoms with Crippen molar-refractivity contribution in [2.24, 2.45) is 5.92 Å². The molecule has 1 aliphatic carbocycles. The van der Waals surface area contributed by atoms with Crippen LogP contribution in [0.3, 0.4) is 0 Å². The molecule has 4 rings (SSSR count). The first-order valence-corrected chi connectivity index (χ1v) is 9.23. The molecule has 0 saturated carbocycles. The van der Waals surface area contributed by atoms with Crippen LogP contribution >= 0.6 is 0 Å².